The van der Waals surface area contributed by atoms with E-state index in [1.54, 1.807) is 12.1 Å². The van der Waals surface area contributed by atoms with E-state index in [2.05, 4.69) is 0 Å². The van der Waals surface area contributed by atoms with E-state index in [-0.39, 0.29) is 64.9 Å². The van der Waals surface area contributed by atoms with Crippen molar-refractivity contribution in [1.29, 1.82) is 0 Å². The normalized spacial score (nSPS) is 9.71. The third-order valence-electron chi connectivity index (χ3n) is 1.62. The number of aromatic hydroxyl groups is 1. The minimum Gasteiger partial charge on any atom is -0.790 e. The van der Waals surface area contributed by atoms with Gasteiger partial charge in [0.2, 0.25) is 0 Å². The molecule has 1 rings (SSSR count). The van der Waals surface area contributed by atoms with Crippen LogP contribution in [-0.4, -0.2) is 28.2 Å². The van der Waals surface area contributed by atoms with Crippen molar-refractivity contribution in [2.45, 2.75) is 0 Å². The van der Waals surface area contributed by atoms with Crippen LogP contribution in [0.2, 0.25) is 0 Å². The van der Waals surface area contributed by atoms with Crippen molar-refractivity contribution >= 4 is 19.9 Å². The third kappa shape index (κ3) is 16.3. The number of carbonyl (C=O) groups is 1. The Kier molecular flexibility index (Phi) is 15.7. The minimum absolute atomic E-state index is 0. The summed E-state index contributed by atoms with van der Waals surface area (Å²) in [6, 6.07) is 4.59. The van der Waals surface area contributed by atoms with E-state index in [0.717, 1.165) is 6.08 Å². The second kappa shape index (κ2) is 12.7. The molecule has 0 aliphatic carbocycles. The summed E-state index contributed by atoms with van der Waals surface area (Å²) in [7, 11) is -3.71. The fourth-order valence-corrected chi connectivity index (χ4v) is 0.965. The van der Waals surface area contributed by atoms with E-state index in [0.29, 0.717) is 11.3 Å². The number of methoxy groups -OCH3 is 1. The van der Waals surface area contributed by atoms with Gasteiger partial charge in [-0.15, -0.1) is 0 Å². The van der Waals surface area contributed by atoms with Gasteiger partial charge in [0.05, 0.1) is 14.9 Å². The Labute approximate surface area is 165 Å². The molecular formula is C10H11Na2O8P. The fraction of sp³-hybridized carbons (Fsp3) is 0.100. The number of carboxylic acid groups (broad SMARTS) is 1. The Hall–Kier alpha value is 0.140. The first-order chi connectivity index (χ1) is 8.63. The Morgan fingerprint density at radius 3 is 2.19 bits per heavy atom. The SMILES string of the molecule is COc1cc(/C=C/C(=O)O)ccc1O.O=P([O-])([O-])O.[Na+].[Na+]. The smallest absolute Gasteiger partial charge is 0.790 e. The van der Waals surface area contributed by atoms with E-state index in [1.807, 2.05) is 0 Å². The first kappa shape index (κ1) is 26.1. The summed E-state index contributed by atoms with van der Waals surface area (Å²) in [5.41, 5.74) is 0.655. The molecule has 0 amide bonds. The molecule has 1 aromatic carbocycles. The number of phenolic OH excluding ortho intramolecular Hbond substituents is 1. The zero-order chi connectivity index (χ0) is 15.1. The predicted octanol–water partition coefficient (Wildman–Crippen LogP) is -6.69. The summed E-state index contributed by atoms with van der Waals surface area (Å²) in [6.07, 6.45) is 2.44. The van der Waals surface area contributed by atoms with Crippen molar-refractivity contribution < 1.29 is 98.1 Å². The number of ether oxygens (including phenoxy) is 1. The van der Waals surface area contributed by atoms with Crippen LogP contribution in [0.15, 0.2) is 24.3 Å². The largest absolute Gasteiger partial charge is 1.00 e. The van der Waals surface area contributed by atoms with Crippen molar-refractivity contribution in [3.8, 4) is 11.5 Å². The maximum atomic E-state index is 10.2. The fourth-order valence-electron chi connectivity index (χ4n) is 0.965. The molecule has 3 N–H and O–H groups in total. The summed E-state index contributed by atoms with van der Waals surface area (Å²) in [4.78, 5) is 34.5. The van der Waals surface area contributed by atoms with Gasteiger partial charge in [0, 0.05) is 6.08 Å². The van der Waals surface area contributed by atoms with Gasteiger partial charge in [-0.3, -0.25) is 0 Å². The summed E-state index contributed by atoms with van der Waals surface area (Å²) in [5.74, 6) is -0.672. The first-order valence-corrected chi connectivity index (χ1v) is 6.16. The molecule has 0 heterocycles. The van der Waals surface area contributed by atoms with Crippen LogP contribution in [0, 0.1) is 0 Å². The van der Waals surface area contributed by atoms with Crippen LogP contribution >= 0.6 is 7.82 Å². The van der Waals surface area contributed by atoms with Crippen molar-refractivity contribution in [1.82, 2.24) is 0 Å². The summed E-state index contributed by atoms with van der Waals surface area (Å²) in [5, 5.41) is 17.6. The summed E-state index contributed by atoms with van der Waals surface area (Å²) < 4.78 is 13.5. The van der Waals surface area contributed by atoms with E-state index >= 15 is 0 Å². The summed E-state index contributed by atoms with van der Waals surface area (Å²) in [6.45, 7) is 0. The monoisotopic (exact) mass is 336 g/mol. The van der Waals surface area contributed by atoms with Gasteiger partial charge in [0.25, 0.3) is 0 Å². The molecule has 0 saturated carbocycles. The second-order valence-electron chi connectivity index (χ2n) is 3.07. The average Bonchev–Trinajstić information content (AvgIpc) is 2.25. The van der Waals surface area contributed by atoms with Crippen LogP contribution in [0.1, 0.15) is 5.56 Å². The zero-order valence-electron chi connectivity index (χ0n) is 11.7. The van der Waals surface area contributed by atoms with Crippen molar-refractivity contribution in [3.63, 3.8) is 0 Å². The van der Waals surface area contributed by atoms with Gasteiger partial charge in [-0.05, 0) is 23.8 Å². The van der Waals surface area contributed by atoms with E-state index in [4.69, 9.17) is 29.1 Å². The van der Waals surface area contributed by atoms with Gasteiger partial charge in [0.15, 0.2) is 11.5 Å². The van der Waals surface area contributed by atoms with E-state index < -0.39 is 13.8 Å². The number of hydrogen-bond acceptors (Lipinski definition) is 6. The summed E-state index contributed by atoms with van der Waals surface area (Å²) >= 11 is 0. The van der Waals surface area contributed by atoms with Crippen LogP contribution in [0.5, 0.6) is 11.5 Å². The van der Waals surface area contributed by atoms with Crippen molar-refractivity contribution in [2.75, 3.05) is 7.11 Å². The Balaban J connectivity index is -0.000000405. The van der Waals surface area contributed by atoms with Crippen LogP contribution in [-0.2, 0) is 9.36 Å². The van der Waals surface area contributed by atoms with Gasteiger partial charge >= 0.3 is 65.1 Å². The Morgan fingerprint density at radius 1 is 1.33 bits per heavy atom. The third-order valence-corrected chi connectivity index (χ3v) is 1.62. The van der Waals surface area contributed by atoms with E-state index in [9.17, 15) is 9.90 Å². The number of hydrogen-bond donors (Lipinski definition) is 3. The van der Waals surface area contributed by atoms with Gasteiger partial charge in [-0.2, -0.15) is 0 Å². The number of phosphoric acid groups is 1. The average molecular weight is 336 g/mol. The number of phenols is 1. The quantitative estimate of drug-likeness (QED) is 0.280. The Morgan fingerprint density at radius 2 is 1.81 bits per heavy atom. The molecule has 1 aromatic rings. The van der Waals surface area contributed by atoms with Gasteiger partial charge in [0.1, 0.15) is 0 Å². The van der Waals surface area contributed by atoms with Crippen LogP contribution in [0.4, 0.5) is 0 Å². The number of benzene rings is 1. The maximum absolute atomic E-state index is 10.2. The van der Waals surface area contributed by atoms with Crippen molar-refractivity contribution in [2.24, 2.45) is 0 Å². The zero-order valence-corrected chi connectivity index (χ0v) is 16.6. The molecule has 0 bridgehead atoms. The molecule has 0 fully saturated rings. The van der Waals surface area contributed by atoms with E-state index in [1.165, 1.54) is 19.3 Å². The topological polar surface area (TPSA) is 150 Å². The molecule has 21 heavy (non-hydrogen) atoms. The maximum Gasteiger partial charge on any atom is 1.00 e. The molecule has 0 aliphatic heterocycles. The van der Waals surface area contributed by atoms with Crippen molar-refractivity contribution in [3.05, 3.63) is 29.8 Å². The van der Waals surface area contributed by atoms with Crippen LogP contribution in [0.3, 0.4) is 0 Å². The first-order valence-electron chi connectivity index (χ1n) is 4.66. The molecule has 0 spiro atoms. The molecule has 0 atom stereocenters. The molecule has 11 heteroatoms. The number of rotatable bonds is 3. The molecule has 0 aliphatic rings. The van der Waals surface area contributed by atoms with Gasteiger partial charge in [-0.1, -0.05) is 6.07 Å². The second-order valence-corrected chi connectivity index (χ2v) is 4.01. The Bertz CT molecular complexity index is 506. The molecule has 106 valence electrons. The molecule has 0 radical (unpaired) electrons. The number of aliphatic carboxylic acids is 1. The van der Waals surface area contributed by atoms with Gasteiger partial charge < -0.3 is 34.2 Å². The minimum atomic E-state index is -5.14. The van der Waals surface area contributed by atoms with Gasteiger partial charge in [-0.25, -0.2) is 4.79 Å². The van der Waals surface area contributed by atoms with Crippen LogP contribution < -0.4 is 73.6 Å². The standard InChI is InChI=1S/C10H10O4.2Na.H3O4P/c1-14-9-6-7(2-4-8(9)11)3-5-10(12)13;;;1-5(2,3)4/h2-6,11H,1H3,(H,12,13);;;(H3,1,2,3,4)/q;2*+1;/p-2/b5-3+;;;. The predicted molar refractivity (Wildman–Crippen MR) is 61.2 cm³/mol. The molecule has 8 nitrogen and oxygen atoms in total. The number of carboxylic acids is 1. The van der Waals surface area contributed by atoms with Crippen LogP contribution in [0.25, 0.3) is 6.08 Å². The molecular weight excluding hydrogens is 325 g/mol. The molecule has 0 unspecified atom stereocenters. The molecule has 0 saturated heterocycles. The molecule has 0 aromatic heterocycles.